The quantitative estimate of drug-likeness (QED) is 0.651. The van der Waals surface area contributed by atoms with Crippen molar-refractivity contribution in [3.63, 3.8) is 0 Å². The summed E-state index contributed by atoms with van der Waals surface area (Å²) in [7, 11) is 0. The largest absolute Gasteiger partial charge is 0.336 e. The maximum absolute atomic E-state index is 11.0. The maximum Gasteiger partial charge on any atom is 0.317 e. The molecule has 0 aromatic carbocycles. The van der Waals surface area contributed by atoms with Gasteiger partial charge in [0.15, 0.2) is 0 Å². The van der Waals surface area contributed by atoms with Gasteiger partial charge in [-0.15, -0.1) is 0 Å². The van der Waals surface area contributed by atoms with Gasteiger partial charge in [0, 0.05) is 19.6 Å². The molecule has 3 nitrogen and oxygen atoms in total. The van der Waals surface area contributed by atoms with E-state index in [9.17, 15) is 4.79 Å². The fourth-order valence-electron chi connectivity index (χ4n) is 1.19. The summed E-state index contributed by atoms with van der Waals surface area (Å²) in [6.45, 7) is 6.92. The van der Waals surface area contributed by atoms with E-state index in [0.29, 0.717) is 5.92 Å². The second-order valence-electron chi connectivity index (χ2n) is 3.19. The first-order valence-electron chi connectivity index (χ1n) is 4.26. The van der Waals surface area contributed by atoms with Crippen molar-refractivity contribution >= 4 is 6.03 Å². The molecule has 1 saturated heterocycles. The third-order valence-corrected chi connectivity index (χ3v) is 2.17. The lowest BCUT2D eigenvalue weighted by Crippen LogP contribution is -2.31. The Bertz CT molecular complexity index is 147. The van der Waals surface area contributed by atoms with Crippen LogP contribution < -0.4 is 5.32 Å². The molecule has 1 heterocycles. The number of hydrogen-bond acceptors (Lipinski definition) is 1. The lowest BCUT2D eigenvalue weighted by Gasteiger charge is -2.17. The van der Waals surface area contributed by atoms with Gasteiger partial charge in [-0.1, -0.05) is 20.3 Å². The van der Waals surface area contributed by atoms with Crippen LogP contribution in [0.4, 0.5) is 4.79 Å². The van der Waals surface area contributed by atoms with Crippen LogP contribution in [-0.4, -0.2) is 30.6 Å². The maximum atomic E-state index is 11.0. The summed E-state index contributed by atoms with van der Waals surface area (Å²) in [4.78, 5) is 12.9. The normalized spacial score (nSPS) is 20.2. The number of rotatable bonds is 3. The Morgan fingerprint density at radius 3 is 2.91 bits per heavy atom. The van der Waals surface area contributed by atoms with Crippen LogP contribution in [-0.2, 0) is 0 Å². The van der Waals surface area contributed by atoms with Gasteiger partial charge in [0.2, 0.25) is 0 Å². The molecule has 0 spiro atoms. The van der Waals surface area contributed by atoms with E-state index in [1.807, 2.05) is 4.90 Å². The first-order chi connectivity index (χ1) is 5.24. The minimum Gasteiger partial charge on any atom is -0.336 e. The third-order valence-electron chi connectivity index (χ3n) is 2.17. The molecular weight excluding hydrogens is 140 g/mol. The van der Waals surface area contributed by atoms with Gasteiger partial charge < -0.3 is 10.2 Å². The molecule has 0 bridgehead atoms. The molecule has 2 amide bonds. The Balaban J connectivity index is 2.30. The lowest BCUT2D eigenvalue weighted by atomic mass is 10.1. The second-order valence-corrected chi connectivity index (χ2v) is 3.19. The minimum absolute atomic E-state index is 0.102. The first kappa shape index (κ1) is 8.37. The standard InChI is InChI=1S/C8H16N2O/c1-3-7(2)6-10-5-4-9-8(10)11/h7H,3-6H2,1-2H3,(H,9,11). The summed E-state index contributed by atoms with van der Waals surface area (Å²) in [5, 5.41) is 2.79. The first-order valence-corrected chi connectivity index (χ1v) is 4.26. The van der Waals surface area contributed by atoms with E-state index in [1.54, 1.807) is 0 Å². The monoisotopic (exact) mass is 156 g/mol. The third kappa shape index (κ3) is 2.10. The van der Waals surface area contributed by atoms with Gasteiger partial charge in [-0.05, 0) is 5.92 Å². The van der Waals surface area contributed by atoms with Crippen molar-refractivity contribution in [2.24, 2.45) is 5.92 Å². The number of carbonyl (C=O) groups is 1. The van der Waals surface area contributed by atoms with E-state index >= 15 is 0 Å². The van der Waals surface area contributed by atoms with Gasteiger partial charge in [-0.2, -0.15) is 0 Å². The van der Waals surface area contributed by atoms with Crippen molar-refractivity contribution in [2.45, 2.75) is 20.3 Å². The summed E-state index contributed by atoms with van der Waals surface area (Å²) in [5.74, 6) is 0.624. The van der Waals surface area contributed by atoms with Crippen LogP contribution in [0.5, 0.6) is 0 Å². The Morgan fingerprint density at radius 2 is 2.45 bits per heavy atom. The van der Waals surface area contributed by atoms with Crippen molar-refractivity contribution in [3.8, 4) is 0 Å². The molecule has 1 atom stereocenters. The predicted molar refractivity (Wildman–Crippen MR) is 44.4 cm³/mol. The van der Waals surface area contributed by atoms with Crippen LogP contribution in [0.3, 0.4) is 0 Å². The molecule has 1 aliphatic rings. The zero-order chi connectivity index (χ0) is 8.27. The molecule has 1 N–H and O–H groups in total. The van der Waals surface area contributed by atoms with Gasteiger partial charge in [0.25, 0.3) is 0 Å². The van der Waals surface area contributed by atoms with Crippen molar-refractivity contribution in [3.05, 3.63) is 0 Å². The number of amides is 2. The van der Waals surface area contributed by atoms with Crippen molar-refractivity contribution in [1.29, 1.82) is 0 Å². The molecule has 1 aliphatic heterocycles. The van der Waals surface area contributed by atoms with Crippen LogP contribution in [0.25, 0.3) is 0 Å². The molecule has 0 aromatic heterocycles. The highest BCUT2D eigenvalue weighted by Gasteiger charge is 2.20. The van der Waals surface area contributed by atoms with E-state index < -0.39 is 0 Å². The van der Waals surface area contributed by atoms with Crippen LogP contribution >= 0.6 is 0 Å². The van der Waals surface area contributed by atoms with Gasteiger partial charge in [0.05, 0.1) is 0 Å². The zero-order valence-corrected chi connectivity index (χ0v) is 7.26. The molecule has 11 heavy (non-hydrogen) atoms. The van der Waals surface area contributed by atoms with E-state index in [1.165, 1.54) is 0 Å². The summed E-state index contributed by atoms with van der Waals surface area (Å²) in [6.07, 6.45) is 1.14. The Morgan fingerprint density at radius 1 is 1.73 bits per heavy atom. The molecule has 0 saturated carbocycles. The Kier molecular flexibility index (Phi) is 2.74. The Hall–Kier alpha value is -0.730. The van der Waals surface area contributed by atoms with Crippen LogP contribution in [0, 0.1) is 5.92 Å². The van der Waals surface area contributed by atoms with E-state index in [2.05, 4.69) is 19.2 Å². The summed E-state index contributed by atoms with van der Waals surface area (Å²) >= 11 is 0. The molecule has 1 rings (SSSR count). The zero-order valence-electron chi connectivity index (χ0n) is 7.26. The van der Waals surface area contributed by atoms with Crippen molar-refractivity contribution in [1.82, 2.24) is 10.2 Å². The average Bonchev–Trinajstić information content (AvgIpc) is 2.37. The number of nitrogens with zero attached hydrogens (tertiary/aromatic N) is 1. The smallest absolute Gasteiger partial charge is 0.317 e. The number of carbonyl (C=O) groups excluding carboxylic acids is 1. The highest BCUT2D eigenvalue weighted by molar-refractivity contribution is 5.76. The van der Waals surface area contributed by atoms with E-state index in [0.717, 1.165) is 26.1 Å². The molecule has 0 aliphatic carbocycles. The van der Waals surface area contributed by atoms with Crippen LogP contribution in [0.2, 0.25) is 0 Å². The summed E-state index contributed by atoms with van der Waals surface area (Å²) in [6, 6.07) is 0.102. The fourth-order valence-corrected chi connectivity index (χ4v) is 1.19. The van der Waals surface area contributed by atoms with Gasteiger partial charge in [-0.3, -0.25) is 0 Å². The summed E-state index contributed by atoms with van der Waals surface area (Å²) in [5.41, 5.74) is 0. The SMILES string of the molecule is CCC(C)CN1CCNC1=O. The van der Waals surface area contributed by atoms with Gasteiger partial charge in [0.1, 0.15) is 0 Å². The predicted octanol–water partition coefficient (Wildman–Crippen LogP) is 1.06. The van der Waals surface area contributed by atoms with E-state index in [4.69, 9.17) is 0 Å². The number of hydrogen-bond donors (Lipinski definition) is 1. The topological polar surface area (TPSA) is 32.3 Å². The molecular formula is C8H16N2O. The number of urea groups is 1. The highest BCUT2D eigenvalue weighted by atomic mass is 16.2. The van der Waals surface area contributed by atoms with Crippen LogP contribution in [0.1, 0.15) is 20.3 Å². The van der Waals surface area contributed by atoms with Crippen LogP contribution in [0.15, 0.2) is 0 Å². The Labute approximate surface area is 67.8 Å². The minimum atomic E-state index is 0.102. The molecule has 0 radical (unpaired) electrons. The molecule has 1 unspecified atom stereocenters. The van der Waals surface area contributed by atoms with Crippen molar-refractivity contribution in [2.75, 3.05) is 19.6 Å². The molecule has 0 aromatic rings. The lowest BCUT2D eigenvalue weighted by molar-refractivity contribution is 0.209. The summed E-state index contributed by atoms with van der Waals surface area (Å²) < 4.78 is 0. The van der Waals surface area contributed by atoms with Crippen molar-refractivity contribution < 1.29 is 4.79 Å². The number of nitrogens with one attached hydrogen (secondary N) is 1. The van der Waals surface area contributed by atoms with E-state index in [-0.39, 0.29) is 6.03 Å². The molecule has 64 valence electrons. The fraction of sp³-hybridized carbons (Fsp3) is 0.875. The van der Waals surface area contributed by atoms with Gasteiger partial charge >= 0.3 is 6.03 Å². The van der Waals surface area contributed by atoms with Gasteiger partial charge in [-0.25, -0.2) is 4.79 Å². The average molecular weight is 156 g/mol. The molecule has 1 fully saturated rings. The molecule has 3 heteroatoms. The highest BCUT2D eigenvalue weighted by Crippen LogP contribution is 2.06. The second kappa shape index (κ2) is 3.60.